The van der Waals surface area contributed by atoms with Crippen molar-refractivity contribution < 1.29 is 13.2 Å². The lowest BCUT2D eigenvalue weighted by molar-refractivity contribution is -0.119. The zero-order valence-electron chi connectivity index (χ0n) is 14.7. The summed E-state index contributed by atoms with van der Waals surface area (Å²) in [5.74, 6) is 0.314. The summed E-state index contributed by atoms with van der Waals surface area (Å²) < 4.78 is 25.1. The van der Waals surface area contributed by atoms with Crippen molar-refractivity contribution >= 4 is 33.2 Å². The number of halogens is 1. The molecule has 0 atom stereocenters. The third-order valence-corrected chi connectivity index (χ3v) is 5.87. The van der Waals surface area contributed by atoms with E-state index in [-0.39, 0.29) is 12.5 Å². The molecule has 0 radical (unpaired) electrons. The quantitative estimate of drug-likeness (QED) is 0.776. The van der Waals surface area contributed by atoms with Gasteiger partial charge in [-0.25, -0.2) is 8.42 Å². The van der Waals surface area contributed by atoms with Gasteiger partial charge < -0.3 is 10.2 Å². The number of benzene rings is 1. The third-order valence-electron chi connectivity index (χ3n) is 4.50. The summed E-state index contributed by atoms with van der Waals surface area (Å²) in [6.07, 6.45) is 4.30. The molecule has 1 aromatic rings. The lowest BCUT2D eigenvalue weighted by Gasteiger charge is -2.29. The zero-order valence-corrected chi connectivity index (χ0v) is 16.3. The molecule has 1 aliphatic heterocycles. The first-order valence-corrected chi connectivity index (χ1v) is 10.7. The number of sulfonamides is 1. The first kappa shape index (κ1) is 20.0. The summed E-state index contributed by atoms with van der Waals surface area (Å²) in [5, 5.41) is 3.26. The molecule has 0 aromatic heterocycles. The number of hydrogen-bond donors (Lipinski definition) is 1. The minimum atomic E-state index is -3.57. The molecule has 1 amide bonds. The van der Waals surface area contributed by atoms with Gasteiger partial charge in [-0.3, -0.25) is 9.10 Å². The van der Waals surface area contributed by atoms with E-state index < -0.39 is 10.0 Å². The predicted octanol–water partition coefficient (Wildman–Crippen LogP) is 1.95. The van der Waals surface area contributed by atoms with Crippen LogP contribution in [0.3, 0.4) is 0 Å². The van der Waals surface area contributed by atoms with Crippen molar-refractivity contribution in [2.75, 3.05) is 43.8 Å². The minimum absolute atomic E-state index is 0.243. The van der Waals surface area contributed by atoms with E-state index in [0.29, 0.717) is 23.2 Å². The van der Waals surface area contributed by atoms with Crippen LogP contribution in [0.2, 0.25) is 5.02 Å². The van der Waals surface area contributed by atoms with Crippen molar-refractivity contribution in [2.24, 2.45) is 5.92 Å². The Balaban J connectivity index is 1.87. The fraction of sp³-hybridized carbons (Fsp3) is 0.588. The number of carbonyl (C=O) groups is 1. The summed E-state index contributed by atoms with van der Waals surface area (Å²) in [7, 11) is -1.45. The topological polar surface area (TPSA) is 69.7 Å². The first-order chi connectivity index (χ1) is 11.8. The SMILES string of the molecule is CN1CCC(CCNC(=O)CN(c2cccc(Cl)c2)S(C)(=O)=O)CC1. The summed E-state index contributed by atoms with van der Waals surface area (Å²) in [4.78, 5) is 14.5. The van der Waals surface area contributed by atoms with Gasteiger partial charge in [0.1, 0.15) is 6.54 Å². The summed E-state index contributed by atoms with van der Waals surface area (Å²) in [6.45, 7) is 2.51. The number of amides is 1. The van der Waals surface area contributed by atoms with E-state index >= 15 is 0 Å². The second-order valence-corrected chi connectivity index (χ2v) is 8.98. The number of nitrogens with one attached hydrogen (secondary N) is 1. The molecule has 8 heteroatoms. The largest absolute Gasteiger partial charge is 0.355 e. The highest BCUT2D eigenvalue weighted by Gasteiger charge is 2.21. The van der Waals surface area contributed by atoms with Crippen molar-refractivity contribution in [3.8, 4) is 0 Å². The highest BCUT2D eigenvalue weighted by Crippen LogP contribution is 2.22. The highest BCUT2D eigenvalue weighted by atomic mass is 35.5. The zero-order chi connectivity index (χ0) is 18.4. The van der Waals surface area contributed by atoms with Gasteiger partial charge in [-0.1, -0.05) is 17.7 Å². The number of hydrogen-bond acceptors (Lipinski definition) is 4. The van der Waals surface area contributed by atoms with Crippen LogP contribution in [0.1, 0.15) is 19.3 Å². The molecule has 1 N–H and O–H groups in total. The van der Waals surface area contributed by atoms with Gasteiger partial charge in [0.05, 0.1) is 11.9 Å². The third kappa shape index (κ3) is 6.49. The maximum absolute atomic E-state index is 12.2. The van der Waals surface area contributed by atoms with Gasteiger partial charge in [-0.05, 0) is 63.5 Å². The average Bonchev–Trinajstić information content (AvgIpc) is 2.53. The normalized spacial score (nSPS) is 16.6. The Kier molecular flexibility index (Phi) is 7.10. The van der Waals surface area contributed by atoms with Crippen LogP contribution < -0.4 is 9.62 Å². The monoisotopic (exact) mass is 387 g/mol. The van der Waals surface area contributed by atoms with Crippen LogP contribution in [0.25, 0.3) is 0 Å². The molecule has 0 aliphatic carbocycles. The Labute approximate surface area is 155 Å². The van der Waals surface area contributed by atoms with Gasteiger partial charge in [-0.15, -0.1) is 0 Å². The number of anilines is 1. The van der Waals surface area contributed by atoms with Gasteiger partial charge >= 0.3 is 0 Å². The van der Waals surface area contributed by atoms with Crippen molar-refractivity contribution in [3.63, 3.8) is 0 Å². The molecular formula is C17H26ClN3O3S. The van der Waals surface area contributed by atoms with Crippen LogP contribution >= 0.6 is 11.6 Å². The van der Waals surface area contributed by atoms with Crippen LogP contribution in [0.5, 0.6) is 0 Å². The molecule has 6 nitrogen and oxygen atoms in total. The Morgan fingerprint density at radius 2 is 2.04 bits per heavy atom. The van der Waals surface area contributed by atoms with Gasteiger partial charge in [0.25, 0.3) is 0 Å². The van der Waals surface area contributed by atoms with Crippen molar-refractivity contribution in [1.82, 2.24) is 10.2 Å². The molecule has 0 saturated carbocycles. The van der Waals surface area contributed by atoms with Crippen LogP contribution in [0.4, 0.5) is 5.69 Å². The van der Waals surface area contributed by atoms with Crippen molar-refractivity contribution in [2.45, 2.75) is 19.3 Å². The standard InChI is InChI=1S/C17H26ClN3O3S/c1-20-10-7-14(8-11-20)6-9-19-17(22)13-21(25(2,23)24)16-5-3-4-15(18)12-16/h3-5,12,14H,6-11,13H2,1-2H3,(H,19,22). The second-order valence-electron chi connectivity index (χ2n) is 6.63. The molecule has 1 fully saturated rings. The average molecular weight is 388 g/mol. The van der Waals surface area contributed by atoms with E-state index in [1.165, 1.54) is 6.07 Å². The minimum Gasteiger partial charge on any atom is -0.355 e. The van der Waals surface area contributed by atoms with Crippen molar-refractivity contribution in [1.29, 1.82) is 0 Å². The highest BCUT2D eigenvalue weighted by molar-refractivity contribution is 7.92. The Hall–Kier alpha value is -1.31. The van der Waals surface area contributed by atoms with Crippen LogP contribution in [-0.4, -0.2) is 58.7 Å². The Bertz CT molecular complexity index is 688. The van der Waals surface area contributed by atoms with Gasteiger partial charge in [0.2, 0.25) is 15.9 Å². The van der Waals surface area contributed by atoms with Gasteiger partial charge in [-0.2, -0.15) is 0 Å². The number of carbonyl (C=O) groups excluding carboxylic acids is 1. The summed E-state index contributed by atoms with van der Waals surface area (Å²) in [6, 6.07) is 6.48. The smallest absolute Gasteiger partial charge is 0.240 e. The van der Waals surface area contributed by atoms with E-state index in [1.54, 1.807) is 18.2 Å². The molecule has 0 unspecified atom stereocenters. The predicted molar refractivity (Wildman–Crippen MR) is 101 cm³/mol. The molecular weight excluding hydrogens is 362 g/mol. The molecule has 0 bridgehead atoms. The molecule has 0 spiro atoms. The maximum atomic E-state index is 12.2. The molecule has 1 aliphatic rings. The molecule has 25 heavy (non-hydrogen) atoms. The lowest BCUT2D eigenvalue weighted by atomic mass is 9.94. The lowest BCUT2D eigenvalue weighted by Crippen LogP contribution is -2.41. The van der Waals surface area contributed by atoms with E-state index in [0.717, 1.165) is 42.9 Å². The fourth-order valence-corrected chi connectivity index (χ4v) is 4.02. The number of rotatable bonds is 7. The van der Waals surface area contributed by atoms with E-state index in [4.69, 9.17) is 11.6 Å². The molecule has 1 saturated heterocycles. The van der Waals surface area contributed by atoms with Gasteiger partial charge in [0.15, 0.2) is 0 Å². The molecule has 1 aromatic carbocycles. The van der Waals surface area contributed by atoms with E-state index in [2.05, 4.69) is 17.3 Å². The van der Waals surface area contributed by atoms with Crippen LogP contribution in [0, 0.1) is 5.92 Å². The summed E-state index contributed by atoms with van der Waals surface area (Å²) in [5.41, 5.74) is 0.389. The van der Waals surface area contributed by atoms with Crippen LogP contribution in [0.15, 0.2) is 24.3 Å². The Morgan fingerprint density at radius 3 is 2.64 bits per heavy atom. The summed E-state index contributed by atoms with van der Waals surface area (Å²) >= 11 is 5.93. The van der Waals surface area contributed by atoms with E-state index in [9.17, 15) is 13.2 Å². The van der Waals surface area contributed by atoms with Crippen molar-refractivity contribution in [3.05, 3.63) is 29.3 Å². The number of likely N-dealkylation sites (tertiary alicyclic amines) is 1. The number of piperidine rings is 1. The molecule has 1 heterocycles. The maximum Gasteiger partial charge on any atom is 0.240 e. The number of nitrogens with zero attached hydrogens (tertiary/aromatic N) is 2. The van der Waals surface area contributed by atoms with E-state index in [1.807, 2.05) is 0 Å². The van der Waals surface area contributed by atoms with Gasteiger partial charge in [0, 0.05) is 11.6 Å². The first-order valence-electron chi connectivity index (χ1n) is 8.44. The second kappa shape index (κ2) is 8.87. The molecule has 140 valence electrons. The van der Waals surface area contributed by atoms with Crippen LogP contribution in [-0.2, 0) is 14.8 Å². The molecule has 2 rings (SSSR count). The fourth-order valence-electron chi connectivity index (χ4n) is 2.98. The Morgan fingerprint density at radius 1 is 1.36 bits per heavy atom.